The number of halogens is 4. The predicted molar refractivity (Wildman–Crippen MR) is 76.3 cm³/mol. The minimum atomic E-state index is -5.00. The molecule has 0 aliphatic rings. The molecule has 0 atom stereocenters. The van der Waals surface area contributed by atoms with Crippen molar-refractivity contribution in [1.82, 2.24) is 4.72 Å². The van der Waals surface area contributed by atoms with E-state index in [1.54, 1.807) is 18.2 Å². The van der Waals surface area contributed by atoms with Crippen LogP contribution in [0.3, 0.4) is 0 Å². The fourth-order valence-corrected chi connectivity index (χ4v) is 3.14. The molecule has 0 radical (unpaired) electrons. The maximum atomic E-state index is 13.0. The van der Waals surface area contributed by atoms with Gasteiger partial charge in [-0.2, -0.15) is 13.2 Å². The Kier molecular flexibility index (Phi) is 4.62. The number of rotatable bonds is 4. The quantitative estimate of drug-likeness (QED) is 0.659. The van der Waals surface area contributed by atoms with Crippen molar-refractivity contribution in [3.63, 3.8) is 0 Å². The minimum absolute atomic E-state index is 0.148. The van der Waals surface area contributed by atoms with E-state index in [0.717, 1.165) is 0 Å². The van der Waals surface area contributed by atoms with E-state index in [1.165, 1.54) is 6.07 Å². The molecule has 0 saturated heterocycles. The number of hydrogen-bond acceptors (Lipinski definition) is 3. The third-order valence-corrected chi connectivity index (χ3v) is 4.41. The second-order valence-corrected chi connectivity index (χ2v) is 6.44. The van der Waals surface area contributed by atoms with Gasteiger partial charge in [0.25, 0.3) is 0 Å². The van der Waals surface area contributed by atoms with Crippen molar-refractivity contribution in [3.05, 3.63) is 59.4 Å². The summed E-state index contributed by atoms with van der Waals surface area (Å²) in [4.78, 5) is -1.03. The fourth-order valence-electron chi connectivity index (χ4n) is 1.92. The standard InChI is InChI=1S/C14H12F4N2O2S/c15-10-4-5-13(12(7-10)14(16,17)18)23(21,22)20-8-9-2-1-3-11(19)6-9/h1-7,20H,8,19H2. The molecule has 0 aliphatic heterocycles. The number of nitrogens with one attached hydrogen (secondary N) is 1. The van der Waals surface area contributed by atoms with Gasteiger partial charge in [0, 0.05) is 12.2 Å². The van der Waals surface area contributed by atoms with Crippen LogP contribution >= 0.6 is 0 Å². The average molecular weight is 348 g/mol. The van der Waals surface area contributed by atoms with Crippen molar-refractivity contribution in [2.45, 2.75) is 17.6 Å². The van der Waals surface area contributed by atoms with Crippen molar-refractivity contribution in [2.75, 3.05) is 5.73 Å². The highest BCUT2D eigenvalue weighted by Gasteiger charge is 2.37. The smallest absolute Gasteiger partial charge is 0.399 e. The van der Waals surface area contributed by atoms with Crippen LogP contribution in [0.5, 0.6) is 0 Å². The van der Waals surface area contributed by atoms with Gasteiger partial charge < -0.3 is 5.73 Å². The van der Waals surface area contributed by atoms with Crippen molar-refractivity contribution in [1.29, 1.82) is 0 Å². The van der Waals surface area contributed by atoms with Crippen LogP contribution in [-0.4, -0.2) is 8.42 Å². The molecular formula is C14H12F4N2O2S. The van der Waals surface area contributed by atoms with E-state index in [2.05, 4.69) is 0 Å². The third kappa shape index (κ3) is 4.20. The van der Waals surface area contributed by atoms with Crippen LogP contribution in [0.4, 0.5) is 23.2 Å². The summed E-state index contributed by atoms with van der Waals surface area (Å²) in [6.07, 6.45) is -5.00. The van der Waals surface area contributed by atoms with Crippen LogP contribution in [0.1, 0.15) is 11.1 Å². The van der Waals surface area contributed by atoms with Gasteiger partial charge in [-0.3, -0.25) is 0 Å². The molecule has 0 aliphatic carbocycles. The summed E-state index contributed by atoms with van der Waals surface area (Å²) >= 11 is 0. The lowest BCUT2D eigenvalue weighted by atomic mass is 10.2. The number of sulfonamides is 1. The molecule has 2 aromatic carbocycles. The van der Waals surface area contributed by atoms with Gasteiger partial charge >= 0.3 is 6.18 Å². The molecule has 0 unspecified atom stereocenters. The van der Waals surface area contributed by atoms with Crippen molar-refractivity contribution in [3.8, 4) is 0 Å². The number of nitrogen functional groups attached to an aromatic ring is 1. The van der Waals surface area contributed by atoms with E-state index in [-0.39, 0.29) is 12.6 Å². The Morgan fingerprint density at radius 3 is 2.39 bits per heavy atom. The molecule has 0 amide bonds. The largest absolute Gasteiger partial charge is 0.417 e. The lowest BCUT2D eigenvalue weighted by Crippen LogP contribution is -2.26. The highest BCUT2D eigenvalue weighted by atomic mass is 32.2. The molecule has 3 N–H and O–H groups in total. The first-order valence-electron chi connectivity index (χ1n) is 6.30. The molecule has 9 heteroatoms. The molecule has 2 aromatic rings. The second-order valence-electron chi connectivity index (χ2n) is 4.71. The molecule has 0 saturated carbocycles. The highest BCUT2D eigenvalue weighted by Crippen LogP contribution is 2.34. The van der Waals surface area contributed by atoms with Gasteiger partial charge in [-0.25, -0.2) is 17.5 Å². The fraction of sp³-hybridized carbons (Fsp3) is 0.143. The van der Waals surface area contributed by atoms with E-state index in [0.29, 0.717) is 23.4 Å². The first-order chi connectivity index (χ1) is 10.6. The van der Waals surface area contributed by atoms with Gasteiger partial charge in [0.15, 0.2) is 0 Å². The zero-order valence-electron chi connectivity index (χ0n) is 11.6. The van der Waals surface area contributed by atoms with Gasteiger partial charge in [0.2, 0.25) is 10.0 Å². The number of anilines is 1. The number of benzene rings is 2. The van der Waals surface area contributed by atoms with Crippen LogP contribution in [0.2, 0.25) is 0 Å². The number of hydrogen-bond donors (Lipinski definition) is 2. The maximum absolute atomic E-state index is 13.0. The Balaban J connectivity index is 2.33. The summed E-state index contributed by atoms with van der Waals surface area (Å²) in [5, 5.41) is 0. The molecule has 124 valence electrons. The lowest BCUT2D eigenvalue weighted by Gasteiger charge is -2.14. The van der Waals surface area contributed by atoms with Gasteiger partial charge in [0.05, 0.1) is 10.5 Å². The van der Waals surface area contributed by atoms with E-state index in [9.17, 15) is 26.0 Å². The van der Waals surface area contributed by atoms with E-state index >= 15 is 0 Å². The Morgan fingerprint density at radius 1 is 1.09 bits per heavy atom. The van der Waals surface area contributed by atoms with E-state index < -0.39 is 32.5 Å². The first kappa shape index (κ1) is 17.2. The molecule has 23 heavy (non-hydrogen) atoms. The molecule has 0 heterocycles. The summed E-state index contributed by atoms with van der Waals surface area (Å²) < 4.78 is 78.0. The Bertz CT molecular complexity index is 820. The van der Waals surface area contributed by atoms with E-state index in [1.807, 2.05) is 4.72 Å². The average Bonchev–Trinajstić information content (AvgIpc) is 2.44. The molecule has 0 aromatic heterocycles. The first-order valence-corrected chi connectivity index (χ1v) is 7.79. The molecule has 0 spiro atoms. The van der Waals surface area contributed by atoms with Gasteiger partial charge in [0.1, 0.15) is 5.82 Å². The third-order valence-electron chi connectivity index (χ3n) is 2.95. The van der Waals surface area contributed by atoms with Crippen molar-refractivity contribution >= 4 is 15.7 Å². The Labute approximate surface area is 130 Å². The van der Waals surface area contributed by atoms with Crippen LogP contribution in [-0.2, 0) is 22.7 Å². The van der Waals surface area contributed by atoms with Crippen molar-refractivity contribution in [2.24, 2.45) is 0 Å². The van der Waals surface area contributed by atoms with Crippen molar-refractivity contribution < 1.29 is 26.0 Å². The summed E-state index contributed by atoms with van der Waals surface area (Å²) in [6, 6.07) is 7.60. The zero-order valence-corrected chi connectivity index (χ0v) is 12.4. The molecule has 2 rings (SSSR count). The minimum Gasteiger partial charge on any atom is -0.399 e. The SMILES string of the molecule is Nc1cccc(CNS(=O)(=O)c2ccc(F)cc2C(F)(F)F)c1. The molecule has 0 bridgehead atoms. The molecular weight excluding hydrogens is 336 g/mol. The van der Waals surface area contributed by atoms with Gasteiger partial charge in [-0.15, -0.1) is 0 Å². The van der Waals surface area contributed by atoms with Crippen LogP contribution in [0.15, 0.2) is 47.4 Å². The van der Waals surface area contributed by atoms with Gasteiger partial charge in [-0.05, 0) is 35.9 Å². The van der Waals surface area contributed by atoms with E-state index in [4.69, 9.17) is 5.73 Å². The normalized spacial score (nSPS) is 12.3. The number of alkyl halides is 3. The lowest BCUT2D eigenvalue weighted by molar-refractivity contribution is -0.140. The zero-order chi connectivity index (χ0) is 17.3. The van der Waals surface area contributed by atoms with Crippen LogP contribution in [0.25, 0.3) is 0 Å². The summed E-state index contributed by atoms with van der Waals surface area (Å²) in [5.41, 5.74) is 4.85. The predicted octanol–water partition coefficient (Wildman–Crippen LogP) is 2.91. The topological polar surface area (TPSA) is 72.2 Å². The monoisotopic (exact) mass is 348 g/mol. The Morgan fingerprint density at radius 2 is 1.78 bits per heavy atom. The van der Waals surface area contributed by atoms with Gasteiger partial charge in [-0.1, -0.05) is 12.1 Å². The summed E-state index contributed by atoms with van der Waals surface area (Å²) in [7, 11) is -4.48. The second kappa shape index (κ2) is 6.17. The molecule has 4 nitrogen and oxygen atoms in total. The highest BCUT2D eigenvalue weighted by molar-refractivity contribution is 7.89. The summed E-state index contributed by atoms with van der Waals surface area (Å²) in [6.45, 7) is -0.248. The summed E-state index contributed by atoms with van der Waals surface area (Å²) in [5.74, 6) is -1.17. The Hall–Kier alpha value is -2.13. The maximum Gasteiger partial charge on any atom is 0.417 e. The van der Waals surface area contributed by atoms with Crippen LogP contribution in [0, 0.1) is 5.82 Å². The molecule has 0 fully saturated rings. The number of nitrogens with two attached hydrogens (primary N) is 1. The van der Waals surface area contributed by atoms with Crippen LogP contribution < -0.4 is 10.5 Å².